The first kappa shape index (κ1) is 91.8. The highest BCUT2D eigenvalue weighted by molar-refractivity contribution is 5.97. The maximum Gasteiger partial charge on any atom is 0.313 e. The summed E-state index contributed by atoms with van der Waals surface area (Å²) in [6.45, 7) is 14.4. The van der Waals surface area contributed by atoms with Crippen LogP contribution in [0.4, 0.5) is 0 Å². The Kier molecular flexibility index (Phi) is 42.1. The predicted octanol–water partition coefficient (Wildman–Crippen LogP) is 2.09. The molecule has 17 atom stereocenters. The van der Waals surface area contributed by atoms with Crippen molar-refractivity contribution in [1.29, 1.82) is 0 Å². The Bertz CT molecular complexity index is 2870. The number of ether oxygens (including phenoxy) is 19. The Morgan fingerprint density at radius 3 is 0.835 bits per heavy atom. The van der Waals surface area contributed by atoms with E-state index in [4.69, 9.17) is 90.0 Å². The van der Waals surface area contributed by atoms with E-state index in [1.165, 1.54) is 69.2 Å². The van der Waals surface area contributed by atoms with Crippen molar-refractivity contribution in [2.24, 2.45) is 0 Å². The molecule has 0 spiro atoms. The average molecular weight is 1480 g/mol. The Labute approximate surface area is 597 Å². The Balaban J connectivity index is 3.34. The van der Waals surface area contributed by atoms with Crippen LogP contribution in [-0.4, -0.2) is 270 Å². The van der Waals surface area contributed by atoms with E-state index in [9.17, 15) is 76.7 Å². The van der Waals surface area contributed by atoms with E-state index in [0.717, 1.165) is 41.5 Å². The highest BCUT2D eigenvalue weighted by Gasteiger charge is 2.62. The van der Waals surface area contributed by atoms with Gasteiger partial charge in [-0.3, -0.25) is 76.7 Å². The zero-order chi connectivity index (χ0) is 77.8. The van der Waals surface area contributed by atoms with Crippen molar-refractivity contribution in [1.82, 2.24) is 0 Å². The molecule has 0 N–H and O–H groups in total. The molecule has 0 radical (unpaired) electrons. The summed E-state index contributed by atoms with van der Waals surface area (Å²) in [6, 6.07) is 0. The standard InChI is InChI=1S/C68H102O35/c1-36(69)17-54(77)93-44(9)25-85-33-52-62(88-28-47(12)96-57(80)20-39(4)72)64(90-30-49(14)98-59(82)22-41(6)74)65(91-31-50(15)99-60(83)23-42(7)75)67(101-52)103-68(35-87-27-46(11)95-56(79)19-38(3)71)66(92-32-51(16)100-61(84)24-43(8)76)63(89-29-48(13)97-58(81)21-40(5)73)53(102-68)34-86-26-45(10)94-55(78)18-37(2)70/h44-53,62-67H,17-35H2,1-16H3/t44?,45?,46?,47?,48?,49?,50?,51?,52-,53-,62-,63-,64+,65-,66+,67?,68+/m1/s1. The summed E-state index contributed by atoms with van der Waals surface area (Å²) in [5.74, 6) is -14.3. The molecular weight excluding hydrogens is 1380 g/mol. The van der Waals surface area contributed by atoms with Crippen LogP contribution in [-0.2, 0) is 167 Å². The topological polar surface area (TPSA) is 448 Å². The van der Waals surface area contributed by atoms with Crippen LogP contribution in [0.3, 0.4) is 0 Å². The molecule has 0 aliphatic carbocycles. The van der Waals surface area contributed by atoms with Crippen LogP contribution >= 0.6 is 0 Å². The third-order valence-electron chi connectivity index (χ3n) is 13.7. The molecule has 0 bridgehead atoms. The second kappa shape index (κ2) is 47.2. The minimum absolute atomic E-state index is 0.387. The largest absolute Gasteiger partial charge is 0.460 e. The molecule has 103 heavy (non-hydrogen) atoms. The van der Waals surface area contributed by atoms with E-state index in [-0.39, 0.29) is 6.61 Å². The van der Waals surface area contributed by atoms with Gasteiger partial charge in [0.25, 0.3) is 0 Å². The van der Waals surface area contributed by atoms with Crippen LogP contribution in [0.15, 0.2) is 0 Å². The Morgan fingerprint density at radius 1 is 0.291 bits per heavy atom. The third-order valence-corrected chi connectivity index (χ3v) is 13.7. The lowest BCUT2D eigenvalue weighted by Gasteiger charge is -2.48. The molecule has 2 saturated heterocycles. The fourth-order valence-electron chi connectivity index (χ4n) is 9.82. The second-order valence-electron chi connectivity index (χ2n) is 25.6. The van der Waals surface area contributed by atoms with Gasteiger partial charge in [0.15, 0.2) is 6.29 Å². The van der Waals surface area contributed by atoms with Gasteiger partial charge in [0.2, 0.25) is 5.79 Å². The number of hydrogen-bond acceptors (Lipinski definition) is 35. The quantitative estimate of drug-likeness (QED) is 0.0478. The molecule has 35 heteroatoms. The van der Waals surface area contributed by atoms with Crippen LogP contribution in [0.1, 0.15) is 162 Å². The molecule has 2 aliphatic heterocycles. The lowest BCUT2D eigenvalue weighted by molar-refractivity contribution is -0.398. The van der Waals surface area contributed by atoms with Crippen molar-refractivity contribution in [3.8, 4) is 0 Å². The maximum atomic E-state index is 13.0. The number of carbonyl (C=O) groups excluding carboxylic acids is 16. The van der Waals surface area contributed by atoms with E-state index < -0.39 is 315 Å². The van der Waals surface area contributed by atoms with Crippen LogP contribution < -0.4 is 0 Å². The minimum atomic E-state index is -2.61. The lowest BCUT2D eigenvalue weighted by atomic mass is 9.97. The summed E-state index contributed by atoms with van der Waals surface area (Å²) in [6.07, 6.45) is -27.7. The van der Waals surface area contributed by atoms with Gasteiger partial charge in [-0.05, 0) is 111 Å². The van der Waals surface area contributed by atoms with Crippen molar-refractivity contribution >= 4 is 94.0 Å². The van der Waals surface area contributed by atoms with Crippen LogP contribution in [0.5, 0.6) is 0 Å². The van der Waals surface area contributed by atoms with Crippen molar-refractivity contribution in [3.63, 3.8) is 0 Å². The lowest BCUT2D eigenvalue weighted by Crippen LogP contribution is -2.65. The van der Waals surface area contributed by atoms with Gasteiger partial charge in [-0.25, -0.2) is 0 Å². The molecule has 0 saturated carbocycles. The summed E-state index contributed by atoms with van der Waals surface area (Å²) in [4.78, 5) is 199. The van der Waals surface area contributed by atoms with Gasteiger partial charge in [0.05, 0.1) is 66.1 Å². The first-order valence-corrected chi connectivity index (χ1v) is 33.5. The third kappa shape index (κ3) is 38.9. The molecule has 584 valence electrons. The van der Waals surface area contributed by atoms with E-state index in [1.807, 2.05) is 0 Å². The zero-order valence-electron chi connectivity index (χ0n) is 61.5. The number of hydrogen-bond donors (Lipinski definition) is 0. The van der Waals surface area contributed by atoms with E-state index in [2.05, 4.69) is 0 Å². The van der Waals surface area contributed by atoms with E-state index in [0.29, 0.717) is 0 Å². The van der Waals surface area contributed by atoms with Crippen LogP contribution in [0.25, 0.3) is 0 Å². The molecule has 2 heterocycles. The molecule has 0 aromatic carbocycles. The molecule has 9 unspecified atom stereocenters. The predicted molar refractivity (Wildman–Crippen MR) is 345 cm³/mol. The van der Waals surface area contributed by atoms with Gasteiger partial charge in [0, 0.05) is 0 Å². The molecule has 0 amide bonds. The first-order chi connectivity index (χ1) is 48.1. The van der Waals surface area contributed by atoms with Gasteiger partial charge in [-0.2, -0.15) is 0 Å². The van der Waals surface area contributed by atoms with Gasteiger partial charge in [-0.1, -0.05) is 0 Å². The molecular formula is C68H102O35. The normalized spacial score (nSPS) is 22.4. The average Bonchev–Trinajstić information content (AvgIpc) is 1.63. The minimum Gasteiger partial charge on any atom is -0.460 e. The number of carbonyl (C=O) groups is 16. The maximum absolute atomic E-state index is 13.0. The molecule has 35 nitrogen and oxygen atoms in total. The summed E-state index contributed by atoms with van der Waals surface area (Å²) in [5.41, 5.74) is 0. The highest BCUT2D eigenvalue weighted by Crippen LogP contribution is 2.42. The molecule has 0 aromatic heterocycles. The number of rotatable bonds is 53. The van der Waals surface area contributed by atoms with Crippen molar-refractivity contribution in [2.45, 2.75) is 266 Å². The fourth-order valence-corrected chi connectivity index (χ4v) is 9.82. The molecule has 2 rings (SSSR count). The smallest absolute Gasteiger partial charge is 0.313 e. The highest BCUT2D eigenvalue weighted by atomic mass is 16.8. The fraction of sp³-hybridized carbons (Fsp3) is 0.765. The summed E-state index contributed by atoms with van der Waals surface area (Å²) < 4.78 is 117. The van der Waals surface area contributed by atoms with Gasteiger partial charge < -0.3 is 90.0 Å². The molecule has 2 aliphatic rings. The summed E-state index contributed by atoms with van der Waals surface area (Å²) >= 11 is 0. The Hall–Kier alpha value is -7.32. The SMILES string of the molecule is CC(=O)CC(=O)OC(C)COC[C@H]1O[C@@](COCC(C)OC(=O)CC(C)=O)(OC2O[C@H](COCC(C)OC(=O)CC(C)=O)[C@@H](OCC(C)OC(=O)CC(C)=O)[C@H](OCC(C)OC(=O)CC(C)=O)[C@H]2OCC(C)OC(=O)CC(C)=O)[C@@H](OCC(C)OC(=O)CC(C)=O)[C@@H]1OCC(C)OC(=O)CC(C)=O. The summed E-state index contributed by atoms with van der Waals surface area (Å²) in [7, 11) is 0. The number of ketones is 8. The molecule has 2 fully saturated rings. The monoisotopic (exact) mass is 1480 g/mol. The van der Waals surface area contributed by atoms with Crippen LogP contribution in [0, 0.1) is 0 Å². The van der Waals surface area contributed by atoms with Crippen molar-refractivity contribution in [3.05, 3.63) is 0 Å². The van der Waals surface area contributed by atoms with E-state index >= 15 is 0 Å². The first-order valence-electron chi connectivity index (χ1n) is 33.5. The van der Waals surface area contributed by atoms with Crippen molar-refractivity contribution < 1.29 is 167 Å². The second-order valence-corrected chi connectivity index (χ2v) is 25.6. The number of Topliss-reactive ketones (excluding diaryl/α,β-unsaturated/α-hetero) is 8. The Morgan fingerprint density at radius 2 is 0.534 bits per heavy atom. The van der Waals surface area contributed by atoms with Gasteiger partial charge in [0.1, 0.15) is 196 Å². The van der Waals surface area contributed by atoms with Crippen molar-refractivity contribution in [2.75, 3.05) is 72.7 Å². The van der Waals surface area contributed by atoms with Crippen LogP contribution in [0.2, 0.25) is 0 Å². The number of esters is 8. The molecule has 0 aromatic rings. The van der Waals surface area contributed by atoms with E-state index in [1.54, 1.807) is 0 Å². The van der Waals surface area contributed by atoms with Gasteiger partial charge in [-0.15, -0.1) is 0 Å². The van der Waals surface area contributed by atoms with Gasteiger partial charge >= 0.3 is 47.8 Å². The zero-order valence-corrected chi connectivity index (χ0v) is 61.5. The summed E-state index contributed by atoms with van der Waals surface area (Å²) in [5, 5.41) is 0.